The summed E-state index contributed by atoms with van der Waals surface area (Å²) in [6, 6.07) is 19.5. The average Bonchev–Trinajstić information content (AvgIpc) is 2.72. The molecule has 0 aliphatic heterocycles. The number of rotatable bonds is 5. The Bertz CT molecular complexity index is 1170. The van der Waals surface area contributed by atoms with Crippen LogP contribution in [0, 0.1) is 13.8 Å². The summed E-state index contributed by atoms with van der Waals surface area (Å²) in [4.78, 5) is 4.74. The molecule has 0 radical (unpaired) electrons. The van der Waals surface area contributed by atoms with E-state index in [0.717, 1.165) is 29.7 Å². The normalized spacial score (nSPS) is 11.9. The summed E-state index contributed by atoms with van der Waals surface area (Å²) in [5, 5.41) is 4.76. The van der Waals surface area contributed by atoms with Gasteiger partial charge in [-0.1, -0.05) is 49.2 Å². The molecule has 0 aliphatic carbocycles. The van der Waals surface area contributed by atoms with Gasteiger partial charge in [0.1, 0.15) is 11.4 Å². The molecule has 0 N–H and O–H groups in total. The molecule has 148 valence electrons. The van der Waals surface area contributed by atoms with E-state index in [1.807, 2.05) is 6.20 Å². The smallest absolute Gasteiger partial charge is 0.127 e. The van der Waals surface area contributed by atoms with Crippen LogP contribution >= 0.6 is 0 Å². The highest BCUT2D eigenvalue weighted by molar-refractivity contribution is 6.12. The van der Waals surface area contributed by atoms with Gasteiger partial charge in [-0.15, -0.1) is 0 Å². The Morgan fingerprint density at radius 1 is 0.793 bits per heavy atom. The molecule has 0 fully saturated rings. The Kier molecular flexibility index (Phi) is 5.04. The van der Waals surface area contributed by atoms with Crippen molar-refractivity contribution in [3.05, 3.63) is 71.9 Å². The van der Waals surface area contributed by atoms with E-state index in [4.69, 9.17) is 9.72 Å². The first kappa shape index (κ1) is 19.4. The number of aryl methyl sites for hydroxylation is 2. The fraction of sp³-hybridized carbons (Fsp3) is 0.296. The molecule has 4 rings (SSSR count). The third-order valence-electron chi connectivity index (χ3n) is 6.11. The zero-order valence-electron chi connectivity index (χ0n) is 18.0. The maximum atomic E-state index is 6.49. The number of nitrogens with zero attached hydrogens (tertiary/aromatic N) is 1. The summed E-state index contributed by atoms with van der Waals surface area (Å²) in [5.41, 5.74) is 4.58. The van der Waals surface area contributed by atoms with Gasteiger partial charge in [0, 0.05) is 22.5 Å². The summed E-state index contributed by atoms with van der Waals surface area (Å²) < 4.78 is 6.49. The highest BCUT2D eigenvalue weighted by atomic mass is 16.5. The third-order valence-corrected chi connectivity index (χ3v) is 6.11. The van der Waals surface area contributed by atoms with Crippen molar-refractivity contribution in [2.75, 3.05) is 0 Å². The molecule has 2 heteroatoms. The van der Waals surface area contributed by atoms with Crippen LogP contribution < -0.4 is 4.74 Å². The minimum Gasteiger partial charge on any atom is -0.487 e. The zero-order valence-corrected chi connectivity index (χ0v) is 18.0. The monoisotopic (exact) mass is 383 g/mol. The molecular formula is C27H29NO. The first-order valence-electron chi connectivity index (χ1n) is 10.5. The summed E-state index contributed by atoms with van der Waals surface area (Å²) >= 11 is 0. The number of hydrogen-bond acceptors (Lipinski definition) is 2. The number of pyridine rings is 1. The van der Waals surface area contributed by atoms with Crippen molar-refractivity contribution in [1.29, 1.82) is 0 Å². The molecule has 4 aromatic rings. The summed E-state index contributed by atoms with van der Waals surface area (Å²) in [6.45, 7) is 10.8. The molecular weight excluding hydrogens is 354 g/mol. The highest BCUT2D eigenvalue weighted by Crippen LogP contribution is 2.37. The van der Waals surface area contributed by atoms with E-state index in [1.54, 1.807) is 0 Å². The quantitative estimate of drug-likeness (QED) is 0.330. The molecule has 0 bridgehead atoms. The van der Waals surface area contributed by atoms with Crippen molar-refractivity contribution in [3.8, 4) is 17.0 Å². The van der Waals surface area contributed by atoms with Crippen LogP contribution in [-0.2, 0) is 0 Å². The van der Waals surface area contributed by atoms with Crippen LogP contribution in [-0.4, -0.2) is 10.6 Å². The van der Waals surface area contributed by atoms with Crippen molar-refractivity contribution in [1.82, 2.24) is 4.98 Å². The fourth-order valence-corrected chi connectivity index (χ4v) is 4.08. The minimum absolute atomic E-state index is 0.147. The van der Waals surface area contributed by atoms with Gasteiger partial charge in [0.25, 0.3) is 0 Å². The standard InChI is InChI=1S/C27H29NO/c1-6-27(5,7-2)29-25-10-8-9-21-22-13-14-28-26(24(22)12-11-23(21)25)20-16-18(3)15-19(4)17-20/h8-17H,6-7H2,1-5H3. The Morgan fingerprint density at radius 3 is 2.14 bits per heavy atom. The van der Waals surface area contributed by atoms with Gasteiger partial charge < -0.3 is 4.74 Å². The van der Waals surface area contributed by atoms with Crippen LogP contribution in [0.3, 0.4) is 0 Å². The molecule has 0 unspecified atom stereocenters. The summed E-state index contributed by atoms with van der Waals surface area (Å²) in [6.07, 6.45) is 3.88. The van der Waals surface area contributed by atoms with Crippen molar-refractivity contribution in [2.45, 2.75) is 53.1 Å². The van der Waals surface area contributed by atoms with Crippen LogP contribution in [0.25, 0.3) is 32.8 Å². The van der Waals surface area contributed by atoms with Crippen molar-refractivity contribution < 1.29 is 4.74 Å². The SMILES string of the molecule is CCC(C)(CC)Oc1cccc2c1ccc1c(-c3cc(C)cc(C)c3)nccc12. The predicted octanol–water partition coefficient (Wildman–Crippen LogP) is 7.63. The van der Waals surface area contributed by atoms with E-state index in [-0.39, 0.29) is 5.60 Å². The van der Waals surface area contributed by atoms with Gasteiger partial charge in [-0.05, 0) is 74.7 Å². The van der Waals surface area contributed by atoms with Gasteiger partial charge in [-0.3, -0.25) is 4.98 Å². The van der Waals surface area contributed by atoms with E-state index < -0.39 is 0 Å². The second kappa shape index (κ2) is 7.51. The topological polar surface area (TPSA) is 22.1 Å². The number of benzene rings is 3. The van der Waals surface area contributed by atoms with E-state index in [9.17, 15) is 0 Å². The van der Waals surface area contributed by atoms with Gasteiger partial charge in [0.2, 0.25) is 0 Å². The summed E-state index contributed by atoms with van der Waals surface area (Å²) in [5.74, 6) is 0.959. The molecule has 1 heterocycles. The van der Waals surface area contributed by atoms with Gasteiger partial charge in [0.05, 0.1) is 5.69 Å². The van der Waals surface area contributed by atoms with Crippen molar-refractivity contribution >= 4 is 21.5 Å². The van der Waals surface area contributed by atoms with Crippen LogP contribution in [0.1, 0.15) is 44.7 Å². The van der Waals surface area contributed by atoms with E-state index in [0.29, 0.717) is 0 Å². The predicted molar refractivity (Wildman–Crippen MR) is 124 cm³/mol. The van der Waals surface area contributed by atoms with E-state index in [1.165, 1.54) is 32.8 Å². The number of hydrogen-bond donors (Lipinski definition) is 0. The molecule has 3 aromatic carbocycles. The molecule has 29 heavy (non-hydrogen) atoms. The van der Waals surface area contributed by atoms with Crippen LogP contribution in [0.15, 0.2) is 60.8 Å². The van der Waals surface area contributed by atoms with Crippen LogP contribution in [0.5, 0.6) is 5.75 Å². The second-order valence-corrected chi connectivity index (χ2v) is 8.31. The lowest BCUT2D eigenvalue weighted by atomic mass is 9.96. The number of ether oxygens (including phenoxy) is 1. The fourth-order valence-electron chi connectivity index (χ4n) is 4.08. The number of fused-ring (bicyclic) bond motifs is 3. The van der Waals surface area contributed by atoms with Gasteiger partial charge >= 0.3 is 0 Å². The molecule has 0 spiro atoms. The van der Waals surface area contributed by atoms with Gasteiger partial charge in [0.15, 0.2) is 0 Å². The maximum absolute atomic E-state index is 6.49. The third kappa shape index (κ3) is 3.60. The Labute approximate surface area is 173 Å². The average molecular weight is 384 g/mol. The molecule has 0 saturated heterocycles. The van der Waals surface area contributed by atoms with Crippen molar-refractivity contribution in [2.24, 2.45) is 0 Å². The Hall–Kier alpha value is -2.87. The molecule has 2 nitrogen and oxygen atoms in total. The largest absolute Gasteiger partial charge is 0.487 e. The maximum Gasteiger partial charge on any atom is 0.127 e. The lowest BCUT2D eigenvalue weighted by Gasteiger charge is -2.29. The molecule has 0 aliphatic rings. The second-order valence-electron chi connectivity index (χ2n) is 8.31. The van der Waals surface area contributed by atoms with Gasteiger partial charge in [-0.2, -0.15) is 0 Å². The Balaban J connectivity index is 1.93. The minimum atomic E-state index is -0.147. The molecule has 0 amide bonds. The zero-order chi connectivity index (χ0) is 20.6. The van der Waals surface area contributed by atoms with Crippen LogP contribution in [0.2, 0.25) is 0 Å². The number of aromatic nitrogens is 1. The summed E-state index contributed by atoms with van der Waals surface area (Å²) in [7, 11) is 0. The van der Waals surface area contributed by atoms with Crippen LogP contribution in [0.4, 0.5) is 0 Å². The lowest BCUT2D eigenvalue weighted by molar-refractivity contribution is 0.0822. The first-order valence-corrected chi connectivity index (χ1v) is 10.5. The first-order chi connectivity index (χ1) is 13.9. The molecule has 0 atom stereocenters. The van der Waals surface area contributed by atoms with E-state index >= 15 is 0 Å². The van der Waals surface area contributed by atoms with Gasteiger partial charge in [-0.25, -0.2) is 0 Å². The Morgan fingerprint density at radius 2 is 1.45 bits per heavy atom. The van der Waals surface area contributed by atoms with Crippen molar-refractivity contribution in [3.63, 3.8) is 0 Å². The molecule has 0 saturated carbocycles. The highest BCUT2D eigenvalue weighted by Gasteiger charge is 2.22. The molecule has 1 aromatic heterocycles. The van der Waals surface area contributed by atoms with E-state index in [2.05, 4.69) is 89.2 Å². The lowest BCUT2D eigenvalue weighted by Crippen LogP contribution is -2.30.